The number of nitrogens with zero attached hydrogens (tertiary/aromatic N) is 1. The number of rotatable bonds is 7. The molecule has 0 saturated heterocycles. The molecular formula is C14H24N2O. The fourth-order valence-electron chi connectivity index (χ4n) is 1.28. The molecule has 1 N–H and O–H groups in total. The van der Waals surface area contributed by atoms with Gasteiger partial charge in [-0.15, -0.1) is 0 Å². The highest BCUT2D eigenvalue weighted by Gasteiger charge is 2.07. The normalized spacial score (nSPS) is 12.8. The van der Waals surface area contributed by atoms with Gasteiger partial charge in [-0.25, -0.2) is 0 Å². The number of nitrogens with one attached hydrogen (secondary N) is 1. The third kappa shape index (κ3) is 6.07. The zero-order chi connectivity index (χ0) is 13.3. The Bertz CT molecular complexity index is 316. The highest BCUT2D eigenvalue weighted by molar-refractivity contribution is 5.97. The van der Waals surface area contributed by atoms with Crippen molar-refractivity contribution in [2.24, 2.45) is 0 Å². The molecule has 0 spiro atoms. The predicted octanol–water partition coefficient (Wildman–Crippen LogP) is 2.13. The number of carbonyl (C=O) groups excluding carboxylic acids is 1. The second-order valence-electron chi connectivity index (χ2n) is 3.95. The maximum Gasteiger partial charge on any atom is 0.251 e. The minimum absolute atomic E-state index is 0.0370. The number of likely N-dealkylation sites (N-methyl/N-ethyl adjacent to an activating group) is 1. The van der Waals surface area contributed by atoms with Crippen LogP contribution >= 0.6 is 0 Å². The van der Waals surface area contributed by atoms with Crippen molar-refractivity contribution in [3.8, 4) is 0 Å². The van der Waals surface area contributed by atoms with Gasteiger partial charge in [-0.05, 0) is 33.0 Å². The summed E-state index contributed by atoms with van der Waals surface area (Å²) in [6.45, 7) is 12.1. The number of carbonyl (C=O) groups is 1. The molecule has 1 amide bonds. The van der Waals surface area contributed by atoms with Gasteiger partial charge in [-0.3, -0.25) is 4.79 Å². The third-order valence-corrected chi connectivity index (χ3v) is 2.63. The van der Waals surface area contributed by atoms with E-state index in [2.05, 4.69) is 23.7 Å². The zero-order valence-corrected chi connectivity index (χ0v) is 11.4. The van der Waals surface area contributed by atoms with Gasteiger partial charge in [-0.1, -0.05) is 31.7 Å². The monoisotopic (exact) mass is 236 g/mol. The molecule has 0 radical (unpaired) electrons. The van der Waals surface area contributed by atoms with Crippen molar-refractivity contribution in [1.82, 2.24) is 10.2 Å². The van der Waals surface area contributed by atoms with Gasteiger partial charge in [0.25, 0.3) is 5.91 Å². The summed E-state index contributed by atoms with van der Waals surface area (Å²) in [6, 6.07) is 0. The smallest absolute Gasteiger partial charge is 0.251 e. The molecule has 0 rings (SSSR count). The molecule has 3 nitrogen and oxygen atoms in total. The van der Waals surface area contributed by atoms with Crippen molar-refractivity contribution in [3.05, 3.63) is 36.0 Å². The Morgan fingerprint density at radius 2 is 2.12 bits per heavy atom. The van der Waals surface area contributed by atoms with Gasteiger partial charge in [0.2, 0.25) is 0 Å². The summed E-state index contributed by atoms with van der Waals surface area (Å²) < 4.78 is 0. The Morgan fingerprint density at radius 3 is 2.59 bits per heavy atom. The molecular weight excluding hydrogens is 212 g/mol. The van der Waals surface area contributed by atoms with E-state index in [1.54, 1.807) is 6.08 Å². The second kappa shape index (κ2) is 8.76. The van der Waals surface area contributed by atoms with E-state index in [0.717, 1.165) is 18.7 Å². The number of amides is 1. The zero-order valence-electron chi connectivity index (χ0n) is 11.4. The molecule has 0 aliphatic rings. The quantitative estimate of drug-likeness (QED) is 0.542. The second-order valence-corrected chi connectivity index (χ2v) is 3.95. The lowest BCUT2D eigenvalue weighted by atomic mass is 10.1. The minimum Gasteiger partial charge on any atom is -0.351 e. The largest absolute Gasteiger partial charge is 0.351 e. The first kappa shape index (κ1) is 15.7. The molecule has 0 aliphatic heterocycles. The van der Waals surface area contributed by atoms with Crippen LogP contribution in [0.2, 0.25) is 0 Å². The van der Waals surface area contributed by atoms with Crippen molar-refractivity contribution in [2.75, 3.05) is 26.7 Å². The van der Waals surface area contributed by atoms with Gasteiger partial charge in [-0.2, -0.15) is 0 Å². The molecule has 0 aromatic heterocycles. The average molecular weight is 236 g/mol. The summed E-state index contributed by atoms with van der Waals surface area (Å²) in [4.78, 5) is 14.1. The standard InChI is InChI=1S/C14H24N2O/c1-6-9-13(12(4)7-2)14(17)15-10-11-16(5)8-3/h6-7,9H,2,8,10-11H2,1,3-5H3,(H,15,17)/b9-6-,13-12+. The van der Waals surface area contributed by atoms with E-state index >= 15 is 0 Å². The Hall–Kier alpha value is -1.35. The lowest BCUT2D eigenvalue weighted by Crippen LogP contribution is -2.33. The van der Waals surface area contributed by atoms with Gasteiger partial charge in [0.1, 0.15) is 0 Å². The fourth-order valence-corrected chi connectivity index (χ4v) is 1.28. The summed E-state index contributed by atoms with van der Waals surface area (Å²) in [7, 11) is 2.03. The van der Waals surface area contributed by atoms with Crippen molar-refractivity contribution < 1.29 is 4.79 Å². The average Bonchev–Trinajstić information content (AvgIpc) is 2.34. The van der Waals surface area contributed by atoms with E-state index in [1.165, 1.54) is 0 Å². The van der Waals surface area contributed by atoms with E-state index in [9.17, 15) is 4.79 Å². The van der Waals surface area contributed by atoms with Crippen molar-refractivity contribution in [3.63, 3.8) is 0 Å². The van der Waals surface area contributed by atoms with Crippen LogP contribution in [0.5, 0.6) is 0 Å². The summed E-state index contributed by atoms with van der Waals surface area (Å²) in [5.41, 5.74) is 1.58. The van der Waals surface area contributed by atoms with Crippen LogP contribution < -0.4 is 5.32 Å². The molecule has 0 saturated carbocycles. The van der Waals surface area contributed by atoms with Crippen LogP contribution in [0.25, 0.3) is 0 Å². The van der Waals surface area contributed by atoms with Crippen molar-refractivity contribution >= 4 is 5.91 Å². The molecule has 3 heteroatoms. The van der Waals surface area contributed by atoms with E-state index < -0.39 is 0 Å². The molecule has 0 atom stereocenters. The Morgan fingerprint density at radius 1 is 1.47 bits per heavy atom. The molecule has 0 bridgehead atoms. The van der Waals surface area contributed by atoms with Gasteiger partial charge in [0.15, 0.2) is 0 Å². The molecule has 0 aliphatic carbocycles. The highest BCUT2D eigenvalue weighted by Crippen LogP contribution is 2.07. The van der Waals surface area contributed by atoms with E-state index in [0.29, 0.717) is 12.1 Å². The Kier molecular flexibility index (Phi) is 8.07. The SMILES string of the molecule is C=C/C(C)=C(\C=C/C)C(=O)NCCN(C)CC. The third-order valence-electron chi connectivity index (χ3n) is 2.63. The number of hydrogen-bond acceptors (Lipinski definition) is 2. The fraction of sp³-hybridized carbons (Fsp3) is 0.500. The summed E-state index contributed by atoms with van der Waals surface area (Å²) in [5.74, 6) is -0.0370. The van der Waals surface area contributed by atoms with Crippen molar-refractivity contribution in [2.45, 2.75) is 20.8 Å². The van der Waals surface area contributed by atoms with Crippen LogP contribution in [0, 0.1) is 0 Å². The predicted molar refractivity (Wildman–Crippen MR) is 73.9 cm³/mol. The van der Waals surface area contributed by atoms with Crippen LogP contribution in [0.1, 0.15) is 20.8 Å². The summed E-state index contributed by atoms with van der Waals surface area (Å²) >= 11 is 0. The minimum atomic E-state index is -0.0370. The lowest BCUT2D eigenvalue weighted by Gasteiger charge is -2.14. The van der Waals surface area contributed by atoms with Crippen LogP contribution in [0.4, 0.5) is 0 Å². The van der Waals surface area contributed by atoms with Crippen LogP contribution in [0.15, 0.2) is 36.0 Å². The summed E-state index contributed by atoms with van der Waals surface area (Å²) in [6.07, 6.45) is 5.38. The Labute approximate surface area is 105 Å². The summed E-state index contributed by atoms with van der Waals surface area (Å²) in [5, 5.41) is 2.91. The van der Waals surface area contributed by atoms with Crippen LogP contribution in [-0.4, -0.2) is 37.5 Å². The highest BCUT2D eigenvalue weighted by atomic mass is 16.1. The molecule has 0 fully saturated rings. The van der Waals surface area contributed by atoms with Gasteiger partial charge < -0.3 is 10.2 Å². The van der Waals surface area contributed by atoms with Gasteiger partial charge in [0, 0.05) is 18.7 Å². The molecule has 0 aromatic rings. The van der Waals surface area contributed by atoms with Crippen molar-refractivity contribution in [1.29, 1.82) is 0 Å². The number of hydrogen-bond donors (Lipinski definition) is 1. The topological polar surface area (TPSA) is 32.3 Å². The molecule has 96 valence electrons. The van der Waals surface area contributed by atoms with E-state index in [1.807, 2.05) is 33.0 Å². The first-order valence-corrected chi connectivity index (χ1v) is 5.99. The van der Waals surface area contributed by atoms with Gasteiger partial charge >= 0.3 is 0 Å². The molecule has 0 unspecified atom stereocenters. The first-order chi connectivity index (χ1) is 8.06. The van der Waals surface area contributed by atoms with Gasteiger partial charge in [0.05, 0.1) is 0 Å². The first-order valence-electron chi connectivity index (χ1n) is 5.99. The van der Waals surface area contributed by atoms with Crippen LogP contribution in [-0.2, 0) is 4.79 Å². The number of allylic oxidation sites excluding steroid dienone is 3. The molecule has 0 aromatic carbocycles. The maximum atomic E-state index is 11.9. The van der Waals surface area contributed by atoms with E-state index in [-0.39, 0.29) is 5.91 Å². The van der Waals surface area contributed by atoms with Crippen LogP contribution in [0.3, 0.4) is 0 Å². The Balaban J connectivity index is 4.41. The van der Waals surface area contributed by atoms with E-state index in [4.69, 9.17) is 0 Å². The molecule has 0 heterocycles. The maximum absolute atomic E-state index is 11.9. The lowest BCUT2D eigenvalue weighted by molar-refractivity contribution is -0.117. The molecule has 17 heavy (non-hydrogen) atoms.